The first-order chi connectivity index (χ1) is 9.81. The predicted molar refractivity (Wildman–Crippen MR) is 77.3 cm³/mol. The van der Waals surface area contributed by atoms with Gasteiger partial charge in [0.05, 0.1) is 12.4 Å². The zero-order chi connectivity index (χ0) is 13.9. The van der Waals surface area contributed by atoms with Crippen LogP contribution in [0, 0.1) is 11.3 Å². The number of hydrogen-bond acceptors (Lipinski definition) is 4. The molecule has 3 heterocycles. The van der Waals surface area contributed by atoms with Crippen molar-refractivity contribution < 1.29 is 0 Å². The quantitative estimate of drug-likeness (QED) is 0.799. The third-order valence-corrected chi connectivity index (χ3v) is 4.32. The lowest BCUT2D eigenvalue weighted by atomic mass is 10.2. The molecule has 1 unspecified atom stereocenters. The minimum atomic E-state index is 0.262. The molecule has 0 aliphatic carbocycles. The molecule has 3 aromatic rings. The number of hydrogen-bond donors (Lipinski definition) is 1. The molecule has 0 aromatic carbocycles. The number of nitriles is 1. The minimum absolute atomic E-state index is 0.262. The van der Waals surface area contributed by atoms with Crippen LogP contribution in [0.4, 0.5) is 0 Å². The number of imidazole rings is 1. The summed E-state index contributed by atoms with van der Waals surface area (Å²) >= 11 is 1.65. The highest BCUT2D eigenvalue weighted by molar-refractivity contribution is 7.15. The Morgan fingerprint density at radius 3 is 3.10 bits per heavy atom. The van der Waals surface area contributed by atoms with E-state index in [1.165, 1.54) is 4.88 Å². The van der Waals surface area contributed by atoms with Gasteiger partial charge in [-0.05, 0) is 12.5 Å². The zero-order valence-electron chi connectivity index (χ0n) is 10.9. The van der Waals surface area contributed by atoms with E-state index >= 15 is 0 Å². The number of aromatic nitrogens is 4. The molecule has 0 radical (unpaired) electrons. The third kappa shape index (κ3) is 2.24. The van der Waals surface area contributed by atoms with Gasteiger partial charge in [-0.15, -0.1) is 11.3 Å². The topological polar surface area (TPSA) is 70.3 Å². The summed E-state index contributed by atoms with van der Waals surface area (Å²) < 4.78 is 2.09. The maximum atomic E-state index is 8.85. The van der Waals surface area contributed by atoms with Crippen LogP contribution in [0.3, 0.4) is 0 Å². The van der Waals surface area contributed by atoms with Gasteiger partial charge in [-0.25, -0.2) is 9.97 Å². The van der Waals surface area contributed by atoms with Gasteiger partial charge in [0.25, 0.3) is 0 Å². The monoisotopic (exact) mass is 283 g/mol. The summed E-state index contributed by atoms with van der Waals surface area (Å²) in [6.07, 6.45) is 10.3. The molecule has 1 atom stereocenters. The van der Waals surface area contributed by atoms with Gasteiger partial charge in [-0.1, -0.05) is 6.92 Å². The van der Waals surface area contributed by atoms with Crippen LogP contribution in [0.5, 0.6) is 0 Å². The molecule has 20 heavy (non-hydrogen) atoms. The Hall–Kier alpha value is -2.39. The molecule has 5 nitrogen and oxygen atoms in total. The Kier molecular flexibility index (Phi) is 3.35. The summed E-state index contributed by atoms with van der Waals surface area (Å²) in [5.41, 5.74) is 1.51. The molecule has 6 heteroatoms. The lowest BCUT2D eigenvalue weighted by Crippen LogP contribution is -2.05. The lowest BCUT2D eigenvalue weighted by molar-refractivity contribution is 0.574. The maximum Gasteiger partial charge on any atom is 0.125 e. The molecular weight excluding hydrogens is 270 g/mol. The predicted octanol–water partition coefficient (Wildman–Crippen LogP) is 3.21. The number of nitrogens with one attached hydrogen (secondary N) is 1. The Morgan fingerprint density at radius 2 is 2.45 bits per heavy atom. The fraction of sp³-hybridized carbons (Fsp3) is 0.214. The number of H-pyrrole nitrogens is 1. The van der Waals surface area contributed by atoms with Crippen LogP contribution in [-0.4, -0.2) is 19.5 Å². The van der Waals surface area contributed by atoms with E-state index in [4.69, 9.17) is 5.26 Å². The van der Waals surface area contributed by atoms with Crippen LogP contribution in [0.1, 0.15) is 30.0 Å². The van der Waals surface area contributed by atoms with Crippen molar-refractivity contribution >= 4 is 11.3 Å². The lowest BCUT2D eigenvalue weighted by Gasteiger charge is -2.13. The Labute approximate surface area is 120 Å². The van der Waals surface area contributed by atoms with Crippen molar-refractivity contribution in [3.8, 4) is 16.6 Å². The molecule has 0 fully saturated rings. The molecule has 0 aliphatic rings. The fourth-order valence-electron chi connectivity index (χ4n) is 2.17. The Balaban J connectivity index is 1.91. The summed E-state index contributed by atoms with van der Waals surface area (Å²) in [7, 11) is 0. The van der Waals surface area contributed by atoms with E-state index in [-0.39, 0.29) is 6.04 Å². The highest BCUT2D eigenvalue weighted by atomic mass is 32.1. The first-order valence-corrected chi connectivity index (χ1v) is 7.15. The normalized spacial score (nSPS) is 12.2. The van der Waals surface area contributed by atoms with Crippen LogP contribution in [0.25, 0.3) is 10.6 Å². The van der Waals surface area contributed by atoms with Crippen molar-refractivity contribution in [2.24, 2.45) is 0 Å². The van der Waals surface area contributed by atoms with Gasteiger partial charge in [0.15, 0.2) is 0 Å². The second-order valence-corrected chi connectivity index (χ2v) is 5.48. The Morgan fingerprint density at radius 1 is 1.55 bits per heavy atom. The molecule has 0 spiro atoms. The molecule has 3 rings (SSSR count). The van der Waals surface area contributed by atoms with Crippen molar-refractivity contribution in [3.63, 3.8) is 0 Å². The number of aromatic amines is 1. The van der Waals surface area contributed by atoms with E-state index in [0.29, 0.717) is 5.69 Å². The number of thiazole rings is 1. The fourth-order valence-corrected chi connectivity index (χ4v) is 3.26. The zero-order valence-corrected chi connectivity index (χ0v) is 11.8. The summed E-state index contributed by atoms with van der Waals surface area (Å²) in [6.45, 7) is 2.15. The molecule has 1 N–H and O–H groups in total. The highest BCUT2D eigenvalue weighted by Gasteiger charge is 2.15. The first-order valence-electron chi connectivity index (χ1n) is 6.34. The molecule has 0 amide bonds. The van der Waals surface area contributed by atoms with Crippen molar-refractivity contribution in [1.29, 1.82) is 5.26 Å². The van der Waals surface area contributed by atoms with Gasteiger partial charge in [-0.3, -0.25) is 0 Å². The first kappa shape index (κ1) is 12.6. The van der Waals surface area contributed by atoms with Crippen LogP contribution in [0.15, 0.2) is 37.2 Å². The third-order valence-electron chi connectivity index (χ3n) is 3.17. The molecule has 0 aliphatic heterocycles. The average Bonchev–Trinajstić information content (AvgIpc) is 3.21. The van der Waals surface area contributed by atoms with Gasteiger partial charge in [0.1, 0.15) is 16.8 Å². The Bertz CT molecular complexity index is 732. The largest absolute Gasteiger partial charge is 0.352 e. The minimum Gasteiger partial charge on any atom is -0.352 e. The van der Waals surface area contributed by atoms with E-state index in [0.717, 1.165) is 17.0 Å². The van der Waals surface area contributed by atoms with E-state index in [2.05, 4.69) is 32.5 Å². The van der Waals surface area contributed by atoms with Crippen LogP contribution in [0.2, 0.25) is 0 Å². The van der Waals surface area contributed by atoms with E-state index in [1.54, 1.807) is 17.5 Å². The standard InChI is InChI=1S/C14H13N5S/c1-2-12(19-4-3-16-9-19)13-8-18-14(20-13)10-5-11(6-15)17-7-10/h3-5,7-9,12,17H,2H2,1H3. The summed E-state index contributed by atoms with van der Waals surface area (Å²) in [5, 5.41) is 9.77. The van der Waals surface area contributed by atoms with Crippen molar-refractivity contribution in [1.82, 2.24) is 19.5 Å². The average molecular weight is 283 g/mol. The smallest absolute Gasteiger partial charge is 0.125 e. The molecular formula is C14H13N5S. The summed E-state index contributed by atoms with van der Waals surface area (Å²) in [4.78, 5) is 12.7. The summed E-state index contributed by atoms with van der Waals surface area (Å²) in [6, 6.07) is 4.17. The van der Waals surface area contributed by atoms with Gasteiger partial charge in [-0.2, -0.15) is 5.26 Å². The van der Waals surface area contributed by atoms with E-state index in [9.17, 15) is 0 Å². The highest BCUT2D eigenvalue weighted by Crippen LogP contribution is 2.32. The molecule has 3 aromatic heterocycles. The van der Waals surface area contributed by atoms with Crippen molar-refractivity contribution in [2.45, 2.75) is 19.4 Å². The van der Waals surface area contributed by atoms with Gasteiger partial charge >= 0.3 is 0 Å². The second kappa shape index (κ2) is 5.31. The summed E-state index contributed by atoms with van der Waals surface area (Å²) in [5.74, 6) is 0. The van der Waals surface area contributed by atoms with E-state index in [1.807, 2.05) is 31.0 Å². The molecule has 0 bridgehead atoms. The van der Waals surface area contributed by atoms with Gasteiger partial charge in [0, 0.05) is 35.2 Å². The van der Waals surface area contributed by atoms with E-state index < -0.39 is 0 Å². The molecule has 100 valence electrons. The van der Waals surface area contributed by atoms with Gasteiger partial charge < -0.3 is 9.55 Å². The van der Waals surface area contributed by atoms with Crippen molar-refractivity contribution in [2.75, 3.05) is 0 Å². The maximum absolute atomic E-state index is 8.85. The van der Waals surface area contributed by atoms with Crippen LogP contribution in [-0.2, 0) is 0 Å². The van der Waals surface area contributed by atoms with Crippen LogP contribution < -0.4 is 0 Å². The van der Waals surface area contributed by atoms with Crippen molar-refractivity contribution in [3.05, 3.63) is 47.8 Å². The molecule has 0 saturated heterocycles. The van der Waals surface area contributed by atoms with Crippen LogP contribution >= 0.6 is 11.3 Å². The number of rotatable bonds is 4. The SMILES string of the molecule is CCC(c1cnc(-c2c[nH]c(C#N)c2)s1)n1ccnc1. The second-order valence-electron chi connectivity index (χ2n) is 4.42. The van der Waals surface area contributed by atoms with Gasteiger partial charge in [0.2, 0.25) is 0 Å². The number of nitrogens with zero attached hydrogens (tertiary/aromatic N) is 4. The molecule has 0 saturated carbocycles.